The summed E-state index contributed by atoms with van der Waals surface area (Å²) in [7, 11) is -2.20. The zero-order valence-electron chi connectivity index (χ0n) is 19.4. The van der Waals surface area contributed by atoms with Crippen molar-refractivity contribution in [3.8, 4) is 11.3 Å². The number of pyridine rings is 1. The fourth-order valence-electron chi connectivity index (χ4n) is 3.29. The average molecular weight is 479 g/mol. The predicted octanol–water partition coefficient (Wildman–Crippen LogP) is 2.07. The van der Waals surface area contributed by atoms with Crippen LogP contribution in [-0.2, 0) is 27.2 Å². The highest BCUT2D eigenvalue weighted by atomic mass is 19.1. The maximum atomic E-state index is 15.2. The van der Waals surface area contributed by atoms with Crippen LogP contribution in [0, 0.1) is 6.92 Å². The first-order chi connectivity index (χ1) is 16.6. The van der Waals surface area contributed by atoms with E-state index in [0.717, 1.165) is 18.1 Å². The van der Waals surface area contributed by atoms with Crippen LogP contribution in [0.5, 0.6) is 0 Å². The topological polar surface area (TPSA) is 121 Å². The van der Waals surface area contributed by atoms with Crippen LogP contribution in [0.15, 0.2) is 72.8 Å². The van der Waals surface area contributed by atoms with Gasteiger partial charge in [0.15, 0.2) is 0 Å². The number of carbonyl (C=O) groups excluding carboxylic acids is 2. The number of hydrogen-bond donors (Lipinski definition) is 4. The van der Waals surface area contributed by atoms with Crippen molar-refractivity contribution in [3.63, 3.8) is 0 Å². The fraction of sp³-hybridized carbons (Fsp3) is 0.240. The molecule has 182 valence electrons. The summed E-state index contributed by atoms with van der Waals surface area (Å²) in [6, 6.07) is 21.9. The minimum absolute atomic E-state index is 0.0253. The first kappa shape index (κ1) is 26.0. The van der Waals surface area contributed by atoms with Crippen molar-refractivity contribution in [1.82, 2.24) is 15.6 Å². The maximum Gasteiger partial charge on any atom is 0.635 e. The zero-order valence-corrected chi connectivity index (χ0v) is 19.4. The van der Waals surface area contributed by atoms with Gasteiger partial charge in [0, 0.05) is 12.0 Å². The van der Waals surface area contributed by atoms with E-state index < -0.39 is 31.0 Å². The summed E-state index contributed by atoms with van der Waals surface area (Å²) in [5.41, 5.74) is 0.828. The van der Waals surface area contributed by atoms with Crippen LogP contribution in [0.2, 0.25) is 0 Å². The maximum absolute atomic E-state index is 15.2. The number of aryl methyl sites for hydroxylation is 1. The third-order valence-corrected chi connectivity index (χ3v) is 5.28. The molecule has 2 amide bonds. The lowest BCUT2D eigenvalue weighted by Gasteiger charge is -2.24. The summed E-state index contributed by atoms with van der Waals surface area (Å²) < 4.78 is 20.1. The van der Waals surface area contributed by atoms with Gasteiger partial charge in [-0.1, -0.05) is 66.2 Å². The van der Waals surface area contributed by atoms with Crippen LogP contribution in [0.3, 0.4) is 0 Å². The van der Waals surface area contributed by atoms with Crippen LogP contribution in [0.25, 0.3) is 11.3 Å². The molecular weight excluding hydrogens is 452 g/mol. The summed E-state index contributed by atoms with van der Waals surface area (Å²) in [6.07, 6.45) is -1.25. The first-order valence-corrected chi connectivity index (χ1v) is 11.0. The molecule has 2 atom stereocenters. The second-order valence-corrected chi connectivity index (χ2v) is 8.18. The standard InChI is InChI=1S/C25H27BFN3O5/c1-17-11-13-18(14-12-17)15-22(35-26(33)34)30-24(32)25(2,27)23(31)28-16-20-9-6-10-21(29-20)19-7-4-3-5-8-19/h3-14,22,33-34H,15-16H2,1-2H3,(H,28,31)(H,30,32)/t22-,25-/m1/s1. The molecule has 0 spiro atoms. The highest BCUT2D eigenvalue weighted by Crippen LogP contribution is 2.17. The Labute approximate surface area is 203 Å². The molecule has 35 heavy (non-hydrogen) atoms. The van der Waals surface area contributed by atoms with Crippen molar-refractivity contribution in [2.45, 2.75) is 38.7 Å². The minimum Gasteiger partial charge on any atom is -0.402 e. The molecule has 0 aliphatic heterocycles. The Morgan fingerprint density at radius 1 is 1.03 bits per heavy atom. The van der Waals surface area contributed by atoms with Gasteiger partial charge in [0.2, 0.25) is 0 Å². The molecule has 4 N–H and O–H groups in total. The van der Waals surface area contributed by atoms with E-state index in [0.29, 0.717) is 17.0 Å². The second-order valence-electron chi connectivity index (χ2n) is 8.18. The number of halogens is 1. The molecular formula is C25H27BFN3O5. The van der Waals surface area contributed by atoms with Crippen molar-refractivity contribution >= 4 is 19.1 Å². The molecule has 0 saturated heterocycles. The number of amides is 2. The number of alkyl halides is 1. The Kier molecular flexibility index (Phi) is 8.70. The number of carbonyl (C=O) groups is 2. The lowest BCUT2D eigenvalue weighted by atomic mass is 10.1. The van der Waals surface area contributed by atoms with Crippen LogP contribution >= 0.6 is 0 Å². The monoisotopic (exact) mass is 479 g/mol. The molecule has 2 aromatic carbocycles. The number of nitrogens with one attached hydrogen (secondary N) is 2. The summed E-state index contributed by atoms with van der Waals surface area (Å²) in [5.74, 6) is -2.45. The zero-order chi connectivity index (χ0) is 25.4. The molecule has 8 nitrogen and oxygen atoms in total. The van der Waals surface area contributed by atoms with Crippen LogP contribution < -0.4 is 10.6 Å². The fourth-order valence-corrected chi connectivity index (χ4v) is 3.29. The Balaban J connectivity index is 1.63. The van der Waals surface area contributed by atoms with Gasteiger partial charge < -0.3 is 25.3 Å². The van der Waals surface area contributed by atoms with Crippen molar-refractivity contribution in [2.24, 2.45) is 0 Å². The number of rotatable bonds is 10. The van der Waals surface area contributed by atoms with E-state index in [4.69, 9.17) is 4.65 Å². The summed E-state index contributed by atoms with van der Waals surface area (Å²) >= 11 is 0. The summed E-state index contributed by atoms with van der Waals surface area (Å²) in [6.45, 7) is 2.63. The molecule has 0 aliphatic carbocycles. The van der Waals surface area contributed by atoms with Gasteiger partial charge in [-0.25, -0.2) is 4.39 Å². The van der Waals surface area contributed by atoms with Crippen molar-refractivity contribution in [2.75, 3.05) is 0 Å². The minimum atomic E-state index is -2.95. The van der Waals surface area contributed by atoms with E-state index in [2.05, 4.69) is 15.6 Å². The SMILES string of the molecule is Cc1ccc(C[C@H](NC(=O)[C@](C)(F)C(=O)NCc2cccc(-c3ccccc3)n2)OB(O)O)cc1. The number of hydrogen-bond acceptors (Lipinski definition) is 6. The number of aromatic nitrogens is 1. The summed E-state index contributed by atoms with van der Waals surface area (Å²) in [4.78, 5) is 29.6. The van der Waals surface area contributed by atoms with Crippen LogP contribution in [0.4, 0.5) is 4.39 Å². The van der Waals surface area contributed by atoms with E-state index in [1.807, 2.05) is 55.5 Å². The van der Waals surface area contributed by atoms with Gasteiger partial charge in [-0.05, 0) is 31.5 Å². The van der Waals surface area contributed by atoms with Crippen molar-refractivity contribution < 1.29 is 28.7 Å². The normalized spacial score (nSPS) is 13.4. The van der Waals surface area contributed by atoms with Crippen LogP contribution in [-0.4, -0.2) is 46.1 Å². The summed E-state index contributed by atoms with van der Waals surface area (Å²) in [5, 5.41) is 23.0. The highest BCUT2D eigenvalue weighted by Gasteiger charge is 2.42. The first-order valence-electron chi connectivity index (χ1n) is 11.0. The molecule has 0 unspecified atom stereocenters. The van der Waals surface area contributed by atoms with Gasteiger partial charge in [-0.3, -0.25) is 14.6 Å². The van der Waals surface area contributed by atoms with Gasteiger partial charge in [0.25, 0.3) is 17.5 Å². The van der Waals surface area contributed by atoms with Crippen molar-refractivity contribution in [3.05, 3.63) is 89.6 Å². The van der Waals surface area contributed by atoms with E-state index in [9.17, 15) is 19.6 Å². The third kappa shape index (κ3) is 7.44. The lowest BCUT2D eigenvalue weighted by molar-refractivity contribution is -0.146. The van der Waals surface area contributed by atoms with Gasteiger partial charge in [-0.15, -0.1) is 0 Å². The molecule has 1 aromatic heterocycles. The van der Waals surface area contributed by atoms with E-state index in [1.54, 1.807) is 24.3 Å². The predicted molar refractivity (Wildman–Crippen MR) is 129 cm³/mol. The smallest absolute Gasteiger partial charge is 0.402 e. The van der Waals surface area contributed by atoms with Gasteiger partial charge in [0.05, 0.1) is 17.9 Å². The molecule has 3 aromatic rings. The second kappa shape index (κ2) is 11.7. The molecule has 0 aliphatic rings. The van der Waals surface area contributed by atoms with E-state index in [1.165, 1.54) is 0 Å². The Bertz CT molecular complexity index is 1140. The molecule has 0 fully saturated rings. The molecule has 3 rings (SSSR count). The largest absolute Gasteiger partial charge is 0.635 e. The molecule has 0 bridgehead atoms. The van der Waals surface area contributed by atoms with E-state index in [-0.39, 0.29) is 13.0 Å². The average Bonchev–Trinajstić information content (AvgIpc) is 2.84. The number of nitrogens with zero attached hydrogens (tertiary/aromatic N) is 1. The van der Waals surface area contributed by atoms with Crippen molar-refractivity contribution in [1.29, 1.82) is 0 Å². The Morgan fingerprint density at radius 2 is 1.71 bits per heavy atom. The van der Waals surface area contributed by atoms with Crippen LogP contribution in [0.1, 0.15) is 23.7 Å². The Hall–Kier alpha value is -3.60. The number of benzene rings is 2. The quantitative estimate of drug-likeness (QED) is 0.201. The Morgan fingerprint density at radius 3 is 2.37 bits per heavy atom. The molecule has 0 saturated carbocycles. The molecule has 10 heteroatoms. The third-order valence-electron chi connectivity index (χ3n) is 5.28. The molecule has 1 heterocycles. The van der Waals surface area contributed by atoms with E-state index >= 15 is 4.39 Å². The van der Waals surface area contributed by atoms with Gasteiger partial charge in [0.1, 0.15) is 6.23 Å². The van der Waals surface area contributed by atoms with Gasteiger partial charge in [-0.2, -0.15) is 0 Å². The highest BCUT2D eigenvalue weighted by molar-refractivity contribution is 6.32. The molecule has 0 radical (unpaired) electrons. The lowest BCUT2D eigenvalue weighted by Crippen LogP contribution is -2.55. The van der Waals surface area contributed by atoms with Gasteiger partial charge >= 0.3 is 7.32 Å².